The lowest BCUT2D eigenvalue weighted by Crippen LogP contribution is -1.94. The summed E-state index contributed by atoms with van der Waals surface area (Å²) in [5.41, 5.74) is 10.8. The van der Waals surface area contributed by atoms with E-state index >= 15 is 0 Å². The fourth-order valence-electron chi connectivity index (χ4n) is 6.65. The van der Waals surface area contributed by atoms with Crippen molar-refractivity contribution in [2.75, 3.05) is 0 Å². The maximum absolute atomic E-state index is 3.55. The number of aromatic amines is 1. The highest BCUT2D eigenvalue weighted by atomic mass is 15.0. The Morgan fingerprint density at radius 2 is 1.00 bits per heavy atom. The molecule has 0 aliphatic rings. The molecule has 196 valence electrons. The van der Waals surface area contributed by atoms with Gasteiger partial charge >= 0.3 is 0 Å². The summed E-state index contributed by atoms with van der Waals surface area (Å²) in [4.78, 5) is 3.55. The summed E-state index contributed by atoms with van der Waals surface area (Å²) in [7, 11) is 0. The molecule has 7 aromatic carbocycles. The van der Waals surface area contributed by atoms with E-state index < -0.39 is 0 Å². The summed E-state index contributed by atoms with van der Waals surface area (Å²) in [6.45, 7) is 0. The van der Waals surface area contributed by atoms with Gasteiger partial charge in [-0.15, -0.1) is 0 Å². The summed E-state index contributed by atoms with van der Waals surface area (Å²) >= 11 is 0. The molecule has 0 unspecified atom stereocenters. The zero-order valence-corrected chi connectivity index (χ0v) is 22.9. The van der Waals surface area contributed by atoms with Crippen LogP contribution in [0.5, 0.6) is 0 Å². The SMILES string of the molecule is c1cc(-c2ccc3ccccc3c2)cc(-n2c3ccccc3c3cc(-c4ccc5[nH]c6ccccc6c5c4)ccc32)c1. The predicted molar refractivity (Wildman–Crippen MR) is 179 cm³/mol. The van der Waals surface area contributed by atoms with Crippen molar-refractivity contribution in [3.63, 3.8) is 0 Å². The van der Waals surface area contributed by atoms with Crippen LogP contribution in [0.15, 0.2) is 152 Å². The molecular weight excluding hydrogens is 508 g/mol. The van der Waals surface area contributed by atoms with Gasteiger partial charge in [-0.25, -0.2) is 0 Å². The van der Waals surface area contributed by atoms with Gasteiger partial charge in [0.1, 0.15) is 0 Å². The molecule has 0 bridgehead atoms. The van der Waals surface area contributed by atoms with E-state index in [1.54, 1.807) is 0 Å². The molecule has 2 aromatic heterocycles. The Kier molecular flexibility index (Phi) is 4.93. The largest absolute Gasteiger partial charge is 0.355 e. The molecule has 0 amide bonds. The smallest absolute Gasteiger partial charge is 0.0541 e. The van der Waals surface area contributed by atoms with E-state index in [0.29, 0.717) is 0 Å². The van der Waals surface area contributed by atoms with Crippen molar-refractivity contribution in [1.82, 2.24) is 9.55 Å². The Morgan fingerprint density at radius 3 is 1.93 bits per heavy atom. The van der Waals surface area contributed by atoms with Crippen molar-refractivity contribution in [3.05, 3.63) is 152 Å². The van der Waals surface area contributed by atoms with Crippen LogP contribution in [-0.4, -0.2) is 9.55 Å². The van der Waals surface area contributed by atoms with Gasteiger partial charge in [-0.1, -0.05) is 97.1 Å². The molecule has 2 heterocycles. The van der Waals surface area contributed by atoms with Crippen LogP contribution in [0.3, 0.4) is 0 Å². The van der Waals surface area contributed by atoms with Crippen molar-refractivity contribution >= 4 is 54.4 Å². The number of benzene rings is 7. The van der Waals surface area contributed by atoms with E-state index in [0.717, 1.165) is 0 Å². The van der Waals surface area contributed by atoms with Gasteiger partial charge in [0, 0.05) is 38.3 Å². The number of fused-ring (bicyclic) bond motifs is 7. The maximum atomic E-state index is 3.55. The number of hydrogen-bond donors (Lipinski definition) is 1. The van der Waals surface area contributed by atoms with Gasteiger partial charge in [-0.05, 0) is 87.6 Å². The maximum Gasteiger partial charge on any atom is 0.0541 e. The minimum atomic E-state index is 1.17. The molecule has 1 N–H and O–H groups in total. The first-order chi connectivity index (χ1) is 20.8. The molecule has 0 saturated heterocycles. The van der Waals surface area contributed by atoms with Crippen LogP contribution < -0.4 is 0 Å². The molecule has 9 rings (SSSR count). The lowest BCUT2D eigenvalue weighted by Gasteiger charge is -2.11. The van der Waals surface area contributed by atoms with Crippen molar-refractivity contribution in [1.29, 1.82) is 0 Å². The van der Waals surface area contributed by atoms with Gasteiger partial charge in [0.15, 0.2) is 0 Å². The minimum Gasteiger partial charge on any atom is -0.355 e. The summed E-state index contributed by atoms with van der Waals surface area (Å²) in [5, 5.41) is 7.57. The van der Waals surface area contributed by atoms with Crippen LogP contribution >= 0.6 is 0 Å². The molecular formula is C40H26N2. The standard InChI is InChI=1S/C40H26N2/c1-2-9-27-22-29(17-16-26(27)8-1)28-10-7-11-32(23-28)42-39-15-6-4-13-34(39)36-25-31(19-21-40(36)42)30-18-20-38-35(24-30)33-12-3-5-14-37(33)41-38/h1-25,41H. The molecule has 9 aromatic rings. The van der Waals surface area contributed by atoms with Crippen LogP contribution in [0, 0.1) is 0 Å². The predicted octanol–water partition coefficient (Wildman–Crippen LogP) is 10.9. The fourth-order valence-corrected chi connectivity index (χ4v) is 6.65. The summed E-state index contributed by atoms with van der Waals surface area (Å²) < 4.78 is 2.40. The second kappa shape index (κ2) is 8.95. The van der Waals surface area contributed by atoms with E-state index in [9.17, 15) is 0 Å². The summed E-state index contributed by atoms with van der Waals surface area (Å²) in [6, 6.07) is 55.1. The number of nitrogens with zero attached hydrogens (tertiary/aromatic N) is 1. The van der Waals surface area contributed by atoms with E-state index in [-0.39, 0.29) is 0 Å². The van der Waals surface area contributed by atoms with Gasteiger partial charge in [0.25, 0.3) is 0 Å². The quantitative estimate of drug-likeness (QED) is 0.233. The molecule has 0 spiro atoms. The molecule has 2 nitrogen and oxygen atoms in total. The topological polar surface area (TPSA) is 20.7 Å². The first kappa shape index (κ1) is 23.1. The zero-order chi connectivity index (χ0) is 27.6. The van der Waals surface area contributed by atoms with Crippen LogP contribution in [0.4, 0.5) is 0 Å². The summed E-state index contributed by atoms with van der Waals surface area (Å²) in [6.07, 6.45) is 0. The normalized spacial score (nSPS) is 11.8. The van der Waals surface area contributed by atoms with E-state index in [2.05, 4.69) is 161 Å². The second-order valence-electron chi connectivity index (χ2n) is 11.1. The number of aromatic nitrogens is 2. The van der Waals surface area contributed by atoms with Gasteiger partial charge < -0.3 is 9.55 Å². The number of H-pyrrole nitrogens is 1. The molecule has 0 aliphatic carbocycles. The highest BCUT2D eigenvalue weighted by molar-refractivity contribution is 6.12. The average molecular weight is 535 g/mol. The Bertz CT molecular complexity index is 2470. The number of para-hydroxylation sites is 2. The molecule has 0 fully saturated rings. The van der Waals surface area contributed by atoms with E-state index in [1.165, 1.54) is 82.3 Å². The van der Waals surface area contributed by atoms with Crippen LogP contribution in [0.25, 0.3) is 82.3 Å². The van der Waals surface area contributed by atoms with E-state index in [4.69, 9.17) is 0 Å². The number of hydrogen-bond acceptors (Lipinski definition) is 0. The van der Waals surface area contributed by atoms with Crippen LogP contribution in [0.2, 0.25) is 0 Å². The third-order valence-corrected chi connectivity index (χ3v) is 8.70. The lowest BCUT2D eigenvalue weighted by molar-refractivity contribution is 1.18. The third kappa shape index (κ3) is 3.52. The molecule has 0 saturated carbocycles. The Balaban J connectivity index is 1.21. The lowest BCUT2D eigenvalue weighted by atomic mass is 10.0. The first-order valence-corrected chi connectivity index (χ1v) is 14.4. The Labute approximate surface area is 243 Å². The first-order valence-electron chi connectivity index (χ1n) is 14.4. The third-order valence-electron chi connectivity index (χ3n) is 8.70. The number of rotatable bonds is 3. The molecule has 0 aliphatic heterocycles. The van der Waals surface area contributed by atoms with E-state index in [1.807, 2.05) is 0 Å². The summed E-state index contributed by atoms with van der Waals surface area (Å²) in [5.74, 6) is 0. The molecule has 2 heteroatoms. The Hall–Kier alpha value is -5.60. The van der Waals surface area contributed by atoms with Gasteiger partial charge in [-0.3, -0.25) is 0 Å². The molecule has 0 atom stereocenters. The highest BCUT2D eigenvalue weighted by Gasteiger charge is 2.14. The van der Waals surface area contributed by atoms with Gasteiger partial charge in [0.05, 0.1) is 11.0 Å². The van der Waals surface area contributed by atoms with Crippen molar-refractivity contribution in [3.8, 4) is 27.9 Å². The minimum absolute atomic E-state index is 1.17. The van der Waals surface area contributed by atoms with Crippen molar-refractivity contribution in [2.45, 2.75) is 0 Å². The molecule has 0 radical (unpaired) electrons. The van der Waals surface area contributed by atoms with Crippen molar-refractivity contribution < 1.29 is 0 Å². The average Bonchev–Trinajstić information content (AvgIpc) is 3.59. The van der Waals surface area contributed by atoms with Crippen LogP contribution in [-0.2, 0) is 0 Å². The van der Waals surface area contributed by atoms with Gasteiger partial charge in [0.2, 0.25) is 0 Å². The van der Waals surface area contributed by atoms with Crippen LogP contribution in [0.1, 0.15) is 0 Å². The fraction of sp³-hybridized carbons (Fsp3) is 0. The zero-order valence-electron chi connectivity index (χ0n) is 22.9. The second-order valence-corrected chi connectivity index (χ2v) is 11.1. The number of nitrogens with one attached hydrogen (secondary N) is 1. The highest BCUT2D eigenvalue weighted by Crippen LogP contribution is 2.37. The monoisotopic (exact) mass is 534 g/mol. The van der Waals surface area contributed by atoms with Gasteiger partial charge in [-0.2, -0.15) is 0 Å². The van der Waals surface area contributed by atoms with Crippen molar-refractivity contribution in [2.24, 2.45) is 0 Å². The molecule has 42 heavy (non-hydrogen) atoms. The Morgan fingerprint density at radius 1 is 0.357 bits per heavy atom.